The number of carbonyl (C=O) groups is 2. The number of amides is 1. The minimum Gasteiger partial charge on any atom is -0.481 e. The summed E-state index contributed by atoms with van der Waals surface area (Å²) in [6, 6.07) is 5.88. The Morgan fingerprint density at radius 1 is 1.14 bits per heavy atom. The molecule has 2 aromatic rings. The highest BCUT2D eigenvalue weighted by atomic mass is 16.4. The molecule has 0 aromatic carbocycles. The number of rotatable bonds is 7. The van der Waals surface area contributed by atoms with E-state index < -0.39 is 5.97 Å². The maximum atomic E-state index is 13.4. The first-order valence-electron chi connectivity index (χ1n) is 9.81. The molecule has 0 atom stereocenters. The highest BCUT2D eigenvalue weighted by Crippen LogP contribution is 2.45. The number of carboxylic acids is 1. The number of nitrogens with zero attached hydrogens (tertiary/aromatic N) is 4. The molecule has 146 valence electrons. The summed E-state index contributed by atoms with van der Waals surface area (Å²) in [7, 11) is 0. The largest absolute Gasteiger partial charge is 0.481 e. The Morgan fingerprint density at radius 2 is 1.93 bits per heavy atom. The minimum atomic E-state index is -0.781. The van der Waals surface area contributed by atoms with Crippen molar-refractivity contribution in [1.29, 1.82) is 0 Å². The molecule has 0 spiro atoms. The number of hydrogen-bond acceptors (Lipinski definition) is 5. The van der Waals surface area contributed by atoms with Gasteiger partial charge in [-0.05, 0) is 56.4 Å². The molecule has 0 saturated heterocycles. The fourth-order valence-corrected chi connectivity index (χ4v) is 3.76. The van der Waals surface area contributed by atoms with E-state index in [1.165, 1.54) is 0 Å². The van der Waals surface area contributed by atoms with Crippen LogP contribution in [0.5, 0.6) is 0 Å². The molecule has 2 aliphatic rings. The van der Waals surface area contributed by atoms with Crippen LogP contribution in [0.1, 0.15) is 54.4 Å². The summed E-state index contributed by atoms with van der Waals surface area (Å²) in [5.41, 5.74) is 2.44. The first kappa shape index (κ1) is 18.4. The summed E-state index contributed by atoms with van der Waals surface area (Å²) >= 11 is 0. The van der Waals surface area contributed by atoms with Gasteiger partial charge in [-0.2, -0.15) is 0 Å². The number of pyridine rings is 2. The number of carbonyl (C=O) groups excluding carboxylic acids is 1. The molecule has 1 amide bonds. The Hall–Kier alpha value is -2.96. The summed E-state index contributed by atoms with van der Waals surface area (Å²) < 4.78 is 0. The number of aromatic nitrogens is 2. The van der Waals surface area contributed by atoms with E-state index in [-0.39, 0.29) is 12.3 Å². The Balaban J connectivity index is 1.71. The van der Waals surface area contributed by atoms with Gasteiger partial charge in [-0.15, -0.1) is 0 Å². The first-order chi connectivity index (χ1) is 13.6. The lowest BCUT2D eigenvalue weighted by Crippen LogP contribution is -2.32. The second-order valence-corrected chi connectivity index (χ2v) is 7.44. The van der Waals surface area contributed by atoms with E-state index >= 15 is 0 Å². The lowest BCUT2D eigenvalue weighted by Gasteiger charge is -2.27. The van der Waals surface area contributed by atoms with Crippen LogP contribution in [0.25, 0.3) is 0 Å². The molecule has 2 aromatic heterocycles. The molecular weight excluding hydrogens is 356 g/mol. The highest BCUT2D eigenvalue weighted by Gasteiger charge is 2.40. The molecule has 0 radical (unpaired) electrons. The topological polar surface area (TPSA) is 86.6 Å². The Kier molecular flexibility index (Phi) is 4.98. The van der Waals surface area contributed by atoms with E-state index in [1.807, 2.05) is 19.1 Å². The van der Waals surface area contributed by atoms with Gasteiger partial charge in [-0.25, -0.2) is 9.97 Å². The van der Waals surface area contributed by atoms with Gasteiger partial charge in [-0.1, -0.05) is 6.42 Å². The van der Waals surface area contributed by atoms with Crippen LogP contribution in [0.2, 0.25) is 0 Å². The number of carboxylic acid groups (broad SMARTS) is 1. The van der Waals surface area contributed by atoms with E-state index in [0.717, 1.165) is 42.8 Å². The fourth-order valence-electron chi connectivity index (χ4n) is 3.76. The number of aliphatic carboxylic acids is 1. The van der Waals surface area contributed by atoms with Gasteiger partial charge in [0.05, 0.1) is 11.3 Å². The highest BCUT2D eigenvalue weighted by molar-refractivity contribution is 6.13. The number of anilines is 3. The molecule has 28 heavy (non-hydrogen) atoms. The van der Waals surface area contributed by atoms with Crippen LogP contribution in [0, 0.1) is 6.92 Å². The molecule has 1 aliphatic heterocycles. The molecule has 0 unspecified atom stereocenters. The average Bonchev–Trinajstić information content (AvgIpc) is 3.51. The van der Waals surface area contributed by atoms with E-state index in [0.29, 0.717) is 30.4 Å². The zero-order valence-electron chi connectivity index (χ0n) is 16.0. The maximum Gasteiger partial charge on any atom is 0.303 e. The van der Waals surface area contributed by atoms with E-state index in [4.69, 9.17) is 5.11 Å². The van der Waals surface area contributed by atoms with Crippen LogP contribution in [-0.4, -0.2) is 39.5 Å². The molecule has 7 heteroatoms. The minimum absolute atomic E-state index is 0.0677. The van der Waals surface area contributed by atoms with Crippen molar-refractivity contribution in [3.8, 4) is 0 Å². The normalized spacial score (nSPS) is 15.8. The van der Waals surface area contributed by atoms with Crippen molar-refractivity contribution < 1.29 is 14.7 Å². The van der Waals surface area contributed by atoms with Crippen molar-refractivity contribution in [1.82, 2.24) is 9.97 Å². The second-order valence-electron chi connectivity index (χ2n) is 7.44. The molecule has 1 saturated carbocycles. The lowest BCUT2D eigenvalue weighted by molar-refractivity contribution is -0.137. The van der Waals surface area contributed by atoms with Gasteiger partial charge in [0, 0.05) is 31.4 Å². The predicted octanol–water partition coefficient (Wildman–Crippen LogP) is 3.69. The Morgan fingerprint density at radius 3 is 2.68 bits per heavy atom. The molecule has 7 nitrogen and oxygen atoms in total. The van der Waals surface area contributed by atoms with Crippen LogP contribution >= 0.6 is 0 Å². The monoisotopic (exact) mass is 380 g/mol. The standard InChI is InChI=1S/C21H24N4O3/c1-14-10-12-23-20-18(14)24(13-4-2-3-7-17(26)27)21(28)16-6-5-11-22-19(16)25(20)15-8-9-15/h5-6,10-12,15H,2-4,7-9,13H2,1H3,(H,26,27). The third kappa shape index (κ3) is 3.44. The zero-order valence-corrected chi connectivity index (χ0v) is 16.0. The SMILES string of the molecule is Cc1ccnc2c1N(CCCCCC(=O)O)C(=O)c1cccnc1N2C1CC1. The lowest BCUT2D eigenvalue weighted by atomic mass is 10.1. The average molecular weight is 380 g/mol. The van der Waals surface area contributed by atoms with Crippen molar-refractivity contribution >= 4 is 29.2 Å². The maximum absolute atomic E-state index is 13.4. The van der Waals surface area contributed by atoms with Gasteiger partial charge in [0.2, 0.25) is 0 Å². The molecule has 0 bridgehead atoms. The van der Waals surface area contributed by atoms with Gasteiger partial charge in [0.1, 0.15) is 5.82 Å². The van der Waals surface area contributed by atoms with Gasteiger partial charge in [0.25, 0.3) is 5.91 Å². The second kappa shape index (κ2) is 7.58. The van der Waals surface area contributed by atoms with Gasteiger partial charge < -0.3 is 14.9 Å². The van der Waals surface area contributed by atoms with Gasteiger partial charge in [0.15, 0.2) is 5.82 Å². The fraction of sp³-hybridized carbons (Fsp3) is 0.429. The molecule has 1 aliphatic carbocycles. The van der Waals surface area contributed by atoms with Crippen molar-refractivity contribution in [2.45, 2.75) is 51.5 Å². The Labute approximate surface area is 164 Å². The third-order valence-electron chi connectivity index (χ3n) is 5.28. The van der Waals surface area contributed by atoms with Crippen LogP contribution in [0.3, 0.4) is 0 Å². The number of fused-ring (bicyclic) bond motifs is 2. The van der Waals surface area contributed by atoms with Crippen molar-refractivity contribution in [3.05, 3.63) is 41.7 Å². The first-order valence-corrected chi connectivity index (χ1v) is 9.81. The van der Waals surface area contributed by atoms with Crippen molar-refractivity contribution in [2.75, 3.05) is 16.3 Å². The van der Waals surface area contributed by atoms with Crippen LogP contribution in [0.4, 0.5) is 17.3 Å². The van der Waals surface area contributed by atoms with E-state index in [1.54, 1.807) is 23.4 Å². The van der Waals surface area contributed by atoms with E-state index in [9.17, 15) is 9.59 Å². The van der Waals surface area contributed by atoms with Gasteiger partial charge >= 0.3 is 5.97 Å². The zero-order chi connectivity index (χ0) is 19.7. The quantitative estimate of drug-likeness (QED) is 0.737. The van der Waals surface area contributed by atoms with Crippen LogP contribution in [0.15, 0.2) is 30.6 Å². The summed E-state index contributed by atoms with van der Waals surface area (Å²) in [6.45, 7) is 2.53. The summed E-state index contributed by atoms with van der Waals surface area (Å²) in [5.74, 6) is 0.625. The molecule has 1 fully saturated rings. The molecular formula is C21H24N4O3. The van der Waals surface area contributed by atoms with E-state index in [2.05, 4.69) is 14.9 Å². The smallest absolute Gasteiger partial charge is 0.303 e. The van der Waals surface area contributed by atoms with Crippen molar-refractivity contribution in [2.24, 2.45) is 0 Å². The number of unbranched alkanes of at least 4 members (excludes halogenated alkanes) is 2. The molecule has 1 N–H and O–H groups in total. The molecule has 3 heterocycles. The number of aryl methyl sites for hydroxylation is 1. The third-order valence-corrected chi connectivity index (χ3v) is 5.28. The predicted molar refractivity (Wildman–Crippen MR) is 106 cm³/mol. The van der Waals surface area contributed by atoms with Crippen molar-refractivity contribution in [3.63, 3.8) is 0 Å². The van der Waals surface area contributed by atoms with Crippen LogP contribution in [-0.2, 0) is 4.79 Å². The Bertz CT molecular complexity index is 910. The van der Waals surface area contributed by atoms with Gasteiger partial charge in [-0.3, -0.25) is 9.59 Å². The molecule has 4 rings (SSSR count). The summed E-state index contributed by atoms with van der Waals surface area (Å²) in [6.07, 6.45) is 7.91. The number of hydrogen-bond donors (Lipinski definition) is 1. The summed E-state index contributed by atoms with van der Waals surface area (Å²) in [4.78, 5) is 37.3. The summed E-state index contributed by atoms with van der Waals surface area (Å²) in [5, 5.41) is 8.82. The van der Waals surface area contributed by atoms with Crippen LogP contribution < -0.4 is 9.80 Å².